The number of ether oxygens (including phenoxy) is 1. The summed E-state index contributed by atoms with van der Waals surface area (Å²) in [6, 6.07) is 5.93. The van der Waals surface area contributed by atoms with Crippen LogP contribution < -0.4 is 4.74 Å². The van der Waals surface area contributed by atoms with Gasteiger partial charge in [-0.3, -0.25) is 0 Å². The molecule has 2 aromatic rings. The van der Waals surface area contributed by atoms with Crippen LogP contribution in [0.5, 0.6) is 5.75 Å². The molecule has 0 fully saturated rings. The first-order valence-electron chi connectivity index (χ1n) is 6.57. The number of fused-ring (bicyclic) bond motifs is 1. The van der Waals surface area contributed by atoms with Crippen molar-refractivity contribution in [1.29, 1.82) is 0 Å². The van der Waals surface area contributed by atoms with Crippen molar-refractivity contribution in [2.45, 2.75) is 38.9 Å². The van der Waals surface area contributed by atoms with E-state index in [4.69, 9.17) is 4.74 Å². The molecule has 0 amide bonds. The van der Waals surface area contributed by atoms with Gasteiger partial charge in [0.15, 0.2) is 0 Å². The Hall–Kier alpha value is -1.39. The minimum Gasteiger partial charge on any atom is -0.487 e. The van der Waals surface area contributed by atoms with Crippen LogP contribution in [0.15, 0.2) is 23.6 Å². The minimum absolute atomic E-state index is 0.339. The molecular formula is C15H17NO2S. The summed E-state index contributed by atoms with van der Waals surface area (Å²) in [5.74, 6) is 0.891. The van der Waals surface area contributed by atoms with Crippen molar-refractivity contribution in [3.63, 3.8) is 0 Å². The van der Waals surface area contributed by atoms with Crippen LogP contribution in [0.25, 0.3) is 0 Å². The lowest BCUT2D eigenvalue weighted by Crippen LogP contribution is -2.11. The number of aliphatic hydroxyl groups excluding tert-OH is 1. The number of hydrogen-bond donors (Lipinski definition) is 1. The fraction of sp³-hybridized carbons (Fsp3) is 0.400. The monoisotopic (exact) mass is 275 g/mol. The summed E-state index contributed by atoms with van der Waals surface area (Å²) in [5.41, 5.74) is 3.16. The number of nitrogens with zero attached hydrogens (tertiary/aromatic N) is 1. The summed E-state index contributed by atoms with van der Waals surface area (Å²) in [6.07, 6.45) is 2.51. The van der Waals surface area contributed by atoms with Gasteiger partial charge in [-0.05, 0) is 43.4 Å². The molecule has 100 valence electrons. The largest absolute Gasteiger partial charge is 0.487 e. The number of thiazole rings is 1. The van der Waals surface area contributed by atoms with E-state index < -0.39 is 0 Å². The maximum atomic E-state index is 10.0. The number of benzene rings is 1. The summed E-state index contributed by atoms with van der Waals surface area (Å²) in [4.78, 5) is 4.40. The van der Waals surface area contributed by atoms with Crippen molar-refractivity contribution >= 4 is 11.3 Å². The van der Waals surface area contributed by atoms with Gasteiger partial charge in [0.1, 0.15) is 12.4 Å². The third-order valence-electron chi connectivity index (χ3n) is 3.47. The zero-order valence-corrected chi connectivity index (χ0v) is 11.7. The van der Waals surface area contributed by atoms with Gasteiger partial charge in [-0.25, -0.2) is 4.98 Å². The summed E-state index contributed by atoms with van der Waals surface area (Å²) < 4.78 is 5.89. The molecule has 1 aromatic heterocycles. The van der Waals surface area contributed by atoms with Crippen LogP contribution in [0.2, 0.25) is 0 Å². The van der Waals surface area contributed by atoms with Gasteiger partial charge in [0, 0.05) is 5.38 Å². The fourth-order valence-corrected chi connectivity index (χ4v) is 3.15. The Labute approximate surface area is 116 Å². The van der Waals surface area contributed by atoms with Gasteiger partial charge < -0.3 is 9.84 Å². The molecule has 0 saturated heterocycles. The van der Waals surface area contributed by atoms with Crippen LogP contribution in [-0.4, -0.2) is 10.1 Å². The Morgan fingerprint density at radius 3 is 3.16 bits per heavy atom. The molecule has 4 heteroatoms. The molecule has 0 saturated carbocycles. The quantitative estimate of drug-likeness (QED) is 0.933. The normalized spacial score (nSPS) is 18.1. The molecule has 0 bridgehead atoms. The summed E-state index contributed by atoms with van der Waals surface area (Å²) in [6.45, 7) is 2.49. The van der Waals surface area contributed by atoms with E-state index in [1.807, 2.05) is 30.5 Å². The predicted octanol–water partition coefficient (Wildman–Crippen LogP) is 3.40. The average Bonchev–Trinajstić information content (AvgIpc) is 2.83. The molecule has 1 aromatic carbocycles. The Morgan fingerprint density at radius 2 is 2.37 bits per heavy atom. The lowest BCUT2D eigenvalue weighted by atomic mass is 9.89. The average molecular weight is 275 g/mol. The number of aromatic nitrogens is 1. The van der Waals surface area contributed by atoms with Crippen molar-refractivity contribution in [3.8, 4) is 5.75 Å². The zero-order valence-electron chi connectivity index (χ0n) is 10.9. The van der Waals surface area contributed by atoms with Gasteiger partial charge in [-0.1, -0.05) is 12.1 Å². The predicted molar refractivity (Wildman–Crippen MR) is 75.5 cm³/mol. The summed E-state index contributed by atoms with van der Waals surface area (Å²) in [5, 5.41) is 13.1. The number of hydrogen-bond acceptors (Lipinski definition) is 4. The molecule has 1 unspecified atom stereocenters. The third kappa shape index (κ3) is 2.65. The first kappa shape index (κ1) is 12.6. The zero-order chi connectivity index (χ0) is 13.2. The van der Waals surface area contributed by atoms with E-state index >= 15 is 0 Å². The van der Waals surface area contributed by atoms with Crippen LogP contribution in [0, 0.1) is 6.92 Å². The van der Waals surface area contributed by atoms with Gasteiger partial charge >= 0.3 is 0 Å². The minimum atomic E-state index is -0.339. The molecule has 1 aliphatic rings. The van der Waals surface area contributed by atoms with Crippen molar-refractivity contribution < 1.29 is 9.84 Å². The molecule has 0 spiro atoms. The van der Waals surface area contributed by atoms with Crippen molar-refractivity contribution in [2.24, 2.45) is 0 Å². The maximum absolute atomic E-state index is 10.0. The molecule has 0 radical (unpaired) electrons. The maximum Gasteiger partial charge on any atom is 0.131 e. The Kier molecular flexibility index (Phi) is 3.53. The van der Waals surface area contributed by atoms with Gasteiger partial charge in [0.25, 0.3) is 0 Å². The third-order valence-corrected chi connectivity index (χ3v) is 4.30. The molecule has 1 aliphatic carbocycles. The lowest BCUT2D eigenvalue weighted by Gasteiger charge is -2.23. The van der Waals surface area contributed by atoms with Crippen LogP contribution in [0.3, 0.4) is 0 Å². The highest BCUT2D eigenvalue weighted by Gasteiger charge is 2.20. The van der Waals surface area contributed by atoms with E-state index in [-0.39, 0.29) is 6.10 Å². The van der Waals surface area contributed by atoms with Crippen molar-refractivity contribution in [1.82, 2.24) is 4.98 Å². The molecule has 3 rings (SSSR count). The van der Waals surface area contributed by atoms with Crippen molar-refractivity contribution in [2.75, 3.05) is 0 Å². The van der Waals surface area contributed by atoms with Gasteiger partial charge in [-0.15, -0.1) is 11.3 Å². The van der Waals surface area contributed by atoms with Gasteiger partial charge in [-0.2, -0.15) is 0 Å². The second-order valence-corrected chi connectivity index (χ2v) is 5.94. The van der Waals surface area contributed by atoms with E-state index in [0.717, 1.165) is 46.8 Å². The lowest BCUT2D eigenvalue weighted by molar-refractivity contribution is 0.155. The SMILES string of the molecule is Cc1nc(COc2cccc3c2CCCC3O)cs1. The standard InChI is InChI=1S/C15H17NO2S/c1-10-16-11(9-19-10)8-18-15-7-3-4-12-13(15)5-2-6-14(12)17/h3-4,7,9,14,17H,2,5-6,8H2,1H3. The fourth-order valence-electron chi connectivity index (χ4n) is 2.55. The van der Waals surface area contributed by atoms with Crippen LogP contribution >= 0.6 is 11.3 Å². The van der Waals surface area contributed by atoms with Crippen molar-refractivity contribution in [3.05, 3.63) is 45.4 Å². The van der Waals surface area contributed by atoms with E-state index in [2.05, 4.69) is 4.98 Å². The Bertz CT molecular complexity index is 579. The van der Waals surface area contributed by atoms with E-state index in [1.165, 1.54) is 0 Å². The number of rotatable bonds is 3. The molecule has 19 heavy (non-hydrogen) atoms. The molecule has 1 heterocycles. The summed E-state index contributed by atoms with van der Waals surface area (Å²) >= 11 is 1.64. The van der Waals surface area contributed by atoms with Crippen LogP contribution in [-0.2, 0) is 13.0 Å². The molecule has 1 N–H and O–H groups in total. The molecule has 3 nitrogen and oxygen atoms in total. The molecule has 0 aliphatic heterocycles. The molecular weight excluding hydrogens is 258 g/mol. The van der Waals surface area contributed by atoms with E-state index in [0.29, 0.717) is 6.61 Å². The van der Waals surface area contributed by atoms with Gasteiger partial charge in [0.2, 0.25) is 0 Å². The number of aliphatic hydroxyl groups is 1. The second-order valence-electron chi connectivity index (χ2n) is 4.88. The highest BCUT2D eigenvalue weighted by molar-refractivity contribution is 7.09. The number of aryl methyl sites for hydroxylation is 1. The van der Waals surface area contributed by atoms with Gasteiger partial charge in [0.05, 0.1) is 16.8 Å². The topological polar surface area (TPSA) is 42.4 Å². The Balaban J connectivity index is 1.79. The smallest absolute Gasteiger partial charge is 0.131 e. The van der Waals surface area contributed by atoms with E-state index in [9.17, 15) is 5.11 Å². The highest BCUT2D eigenvalue weighted by Crippen LogP contribution is 2.35. The molecule has 1 atom stereocenters. The first-order chi connectivity index (χ1) is 9.24. The summed E-state index contributed by atoms with van der Waals surface area (Å²) in [7, 11) is 0. The second kappa shape index (κ2) is 5.31. The Morgan fingerprint density at radius 1 is 1.47 bits per heavy atom. The van der Waals surface area contributed by atoms with Crippen LogP contribution in [0.1, 0.15) is 40.8 Å². The first-order valence-corrected chi connectivity index (χ1v) is 7.45. The van der Waals surface area contributed by atoms with Crippen LogP contribution in [0.4, 0.5) is 0 Å². The highest BCUT2D eigenvalue weighted by atomic mass is 32.1. The van der Waals surface area contributed by atoms with E-state index in [1.54, 1.807) is 11.3 Å².